The van der Waals surface area contributed by atoms with Crippen LogP contribution in [0.3, 0.4) is 0 Å². The third kappa shape index (κ3) is 9.67. The molecule has 0 amide bonds. The molecule has 2 heteroatoms. The van der Waals surface area contributed by atoms with Gasteiger partial charge in [0.15, 0.2) is 0 Å². The van der Waals surface area contributed by atoms with Crippen LogP contribution in [0.25, 0.3) is 142 Å². The van der Waals surface area contributed by atoms with E-state index in [1.54, 1.807) is 0 Å². The van der Waals surface area contributed by atoms with Crippen LogP contribution in [-0.2, 0) is 0 Å². The first-order valence-corrected chi connectivity index (χ1v) is 32.4. The minimum absolute atomic E-state index is 1.08. The van der Waals surface area contributed by atoms with Gasteiger partial charge in [-0.15, -0.1) is 0 Å². The molecule has 18 aromatic rings. The molecule has 0 unspecified atom stereocenters. The summed E-state index contributed by atoms with van der Waals surface area (Å²) in [5.74, 6) is 0. The summed E-state index contributed by atoms with van der Waals surface area (Å²) in [7, 11) is 0. The molecule has 0 heterocycles. The predicted octanol–water partition coefficient (Wildman–Crippen LogP) is 26.2. The molecule has 0 spiro atoms. The van der Waals surface area contributed by atoms with Crippen molar-refractivity contribution < 1.29 is 0 Å². The highest BCUT2D eigenvalue weighted by Gasteiger charge is 2.21. The van der Waals surface area contributed by atoms with E-state index in [1.165, 1.54) is 136 Å². The van der Waals surface area contributed by atoms with E-state index < -0.39 is 0 Å². The molecule has 0 N–H and O–H groups in total. The van der Waals surface area contributed by atoms with E-state index in [0.29, 0.717) is 0 Å². The zero-order valence-corrected chi connectivity index (χ0v) is 51.5. The molecule has 0 atom stereocenters. The summed E-state index contributed by atoms with van der Waals surface area (Å²) in [4.78, 5) is 4.84. The Bertz CT molecular complexity index is 5960. The topological polar surface area (TPSA) is 6.48 Å². The fourth-order valence-corrected chi connectivity index (χ4v) is 14.6. The normalized spacial score (nSPS) is 11.6. The lowest BCUT2D eigenvalue weighted by Gasteiger charge is -2.28. The van der Waals surface area contributed by atoms with Crippen LogP contribution in [0.1, 0.15) is 0 Å². The van der Waals surface area contributed by atoms with E-state index in [2.05, 4.69) is 374 Å². The monoisotopic (exact) mass is 1190 g/mol. The van der Waals surface area contributed by atoms with Crippen molar-refractivity contribution in [3.63, 3.8) is 0 Å². The predicted molar refractivity (Wildman–Crippen MR) is 403 cm³/mol. The summed E-state index contributed by atoms with van der Waals surface area (Å²) in [6, 6.07) is 134. The molecule has 0 radical (unpaired) electrons. The molecule has 18 rings (SSSR count). The van der Waals surface area contributed by atoms with Gasteiger partial charge in [0.25, 0.3) is 0 Å². The van der Waals surface area contributed by atoms with Crippen molar-refractivity contribution in [2.45, 2.75) is 0 Å². The van der Waals surface area contributed by atoms with E-state index in [0.717, 1.165) is 39.7 Å². The van der Waals surface area contributed by atoms with Crippen LogP contribution in [0, 0.1) is 0 Å². The van der Waals surface area contributed by atoms with Crippen LogP contribution in [0.4, 0.5) is 34.1 Å². The zero-order chi connectivity index (χ0) is 62.1. The number of fused-ring (bicyclic) bond motifs is 12. The van der Waals surface area contributed by atoms with Gasteiger partial charge in [-0.25, -0.2) is 0 Å². The average Bonchev–Trinajstić information content (AvgIpc) is 0.766. The van der Waals surface area contributed by atoms with Crippen molar-refractivity contribution in [2.24, 2.45) is 0 Å². The number of anilines is 6. The second-order valence-electron chi connectivity index (χ2n) is 24.8. The molecule has 0 aliphatic carbocycles. The first kappa shape index (κ1) is 54.6. The second kappa shape index (κ2) is 22.8. The fourth-order valence-electron chi connectivity index (χ4n) is 14.6. The molecule has 0 bridgehead atoms. The largest absolute Gasteiger partial charge is 0.310 e. The van der Waals surface area contributed by atoms with Crippen molar-refractivity contribution in [1.29, 1.82) is 0 Å². The third-order valence-electron chi connectivity index (χ3n) is 19.4. The van der Waals surface area contributed by atoms with Crippen LogP contribution < -0.4 is 9.80 Å². The summed E-state index contributed by atoms with van der Waals surface area (Å²) >= 11 is 0. The Labute approximate surface area is 546 Å². The lowest BCUT2D eigenvalue weighted by molar-refractivity contribution is 1.29. The van der Waals surface area contributed by atoms with E-state index >= 15 is 0 Å². The number of hydrogen-bond acceptors (Lipinski definition) is 2. The van der Waals surface area contributed by atoms with Gasteiger partial charge in [0.2, 0.25) is 0 Å². The Kier molecular flexibility index (Phi) is 13.3. The van der Waals surface area contributed by atoms with Crippen molar-refractivity contribution in [3.8, 4) is 55.6 Å². The molecular weight excluding hydrogens is 1130 g/mol. The average molecular weight is 1190 g/mol. The van der Waals surface area contributed by atoms with Crippen molar-refractivity contribution >= 4 is 120 Å². The maximum Gasteiger partial charge on any atom is 0.0540 e. The quantitative estimate of drug-likeness (QED) is 0.119. The summed E-state index contributed by atoms with van der Waals surface area (Å²) < 4.78 is 0. The van der Waals surface area contributed by atoms with Crippen molar-refractivity contribution in [2.75, 3.05) is 9.80 Å². The first-order chi connectivity index (χ1) is 46.6. The number of rotatable bonds is 11. The van der Waals surface area contributed by atoms with Crippen LogP contribution in [0.5, 0.6) is 0 Å². The Balaban J connectivity index is 0.728. The maximum atomic E-state index is 2.44. The summed E-state index contributed by atoms with van der Waals surface area (Å²) in [6.45, 7) is 0. The van der Waals surface area contributed by atoms with Crippen molar-refractivity contribution in [1.82, 2.24) is 0 Å². The third-order valence-corrected chi connectivity index (χ3v) is 19.4. The zero-order valence-electron chi connectivity index (χ0n) is 51.5. The highest BCUT2D eigenvalue weighted by atomic mass is 15.1. The lowest BCUT2D eigenvalue weighted by Crippen LogP contribution is -2.11. The van der Waals surface area contributed by atoms with Crippen LogP contribution in [0.15, 0.2) is 364 Å². The fraction of sp³-hybridized carbons (Fsp3) is 0. The maximum absolute atomic E-state index is 2.44. The minimum atomic E-state index is 1.08. The number of nitrogens with zero attached hydrogens (tertiary/aromatic N) is 2. The van der Waals surface area contributed by atoms with Gasteiger partial charge in [0, 0.05) is 34.0 Å². The summed E-state index contributed by atoms with van der Waals surface area (Å²) in [5.41, 5.74) is 18.4. The molecule has 0 aromatic heterocycles. The Morgan fingerprint density at radius 3 is 1.13 bits per heavy atom. The first-order valence-electron chi connectivity index (χ1n) is 32.4. The molecule has 18 aromatic carbocycles. The van der Waals surface area contributed by atoms with Gasteiger partial charge in [-0.2, -0.15) is 0 Å². The molecule has 0 aliphatic heterocycles. The Morgan fingerprint density at radius 2 is 0.500 bits per heavy atom. The molecule has 438 valence electrons. The standard InChI is InChI=1S/C92H60N2/c1-3-15-61(16-4-1)63-31-43-76(44-32-63)93(77-45-33-64(34-46-77)72-29-27-62-17-7-8-21-71(62)55-72)79-49-37-69-42-53-86-87(90(69)59-79)54-41-67-28-30-73(57-89(67)86)75-56-74-22-10-12-24-82(74)88(58-75)68-35-47-78(48-36-68)94(92-26-14-13-25-83(92)65-18-5-2-6-19-65)80-50-38-70-40-51-84-81-23-11-9-20-66(81)39-52-85(84)91(70)60-80/h1-60H. The molecule has 0 fully saturated rings. The number of hydrogen-bond donors (Lipinski definition) is 0. The smallest absolute Gasteiger partial charge is 0.0540 e. The van der Waals surface area contributed by atoms with E-state index in [9.17, 15) is 0 Å². The van der Waals surface area contributed by atoms with Crippen LogP contribution >= 0.6 is 0 Å². The van der Waals surface area contributed by atoms with Crippen molar-refractivity contribution in [3.05, 3.63) is 364 Å². The highest BCUT2D eigenvalue weighted by Crippen LogP contribution is 2.46. The number of benzene rings is 18. The van der Waals surface area contributed by atoms with Gasteiger partial charge in [-0.3, -0.25) is 0 Å². The van der Waals surface area contributed by atoms with Crippen LogP contribution in [0.2, 0.25) is 0 Å². The van der Waals surface area contributed by atoms with Gasteiger partial charge in [-0.1, -0.05) is 273 Å². The van der Waals surface area contributed by atoms with Gasteiger partial charge in [0.05, 0.1) is 5.69 Å². The van der Waals surface area contributed by atoms with E-state index in [4.69, 9.17) is 0 Å². The second-order valence-corrected chi connectivity index (χ2v) is 24.8. The van der Waals surface area contributed by atoms with Gasteiger partial charge < -0.3 is 9.80 Å². The number of para-hydroxylation sites is 1. The van der Waals surface area contributed by atoms with Gasteiger partial charge >= 0.3 is 0 Å². The van der Waals surface area contributed by atoms with Gasteiger partial charge in [-0.05, 0) is 227 Å². The van der Waals surface area contributed by atoms with E-state index in [1.807, 2.05) is 0 Å². The van der Waals surface area contributed by atoms with E-state index in [-0.39, 0.29) is 0 Å². The summed E-state index contributed by atoms with van der Waals surface area (Å²) in [6.07, 6.45) is 0. The van der Waals surface area contributed by atoms with Crippen LogP contribution in [-0.4, -0.2) is 0 Å². The highest BCUT2D eigenvalue weighted by molar-refractivity contribution is 6.20. The SMILES string of the molecule is c1ccc(-c2ccc(N(c3ccc(-c4ccc5ccccc5c4)cc3)c3ccc4ccc5c6cc(-c7cc(-c8ccc(N(c9ccc%10ccc%11c%12ccccc%12ccc%11c%10c9)c9ccccc9-c9ccccc9)cc8)c8ccccc8c7)ccc6ccc5c4c3)cc2)cc1. The molecule has 0 aliphatic rings. The molecule has 0 saturated carbocycles. The Morgan fingerprint density at radius 1 is 0.138 bits per heavy atom. The lowest BCUT2D eigenvalue weighted by atomic mass is 9.91. The molecule has 0 saturated heterocycles. The molecule has 2 nitrogen and oxygen atoms in total. The molecular formula is C92H60N2. The van der Waals surface area contributed by atoms with Gasteiger partial charge in [0.1, 0.15) is 0 Å². The summed E-state index contributed by atoms with van der Waals surface area (Å²) in [5, 5.41) is 19.7. The molecule has 94 heavy (non-hydrogen) atoms. The Hall–Kier alpha value is -12.4. The minimum Gasteiger partial charge on any atom is -0.310 e.